The maximum atomic E-state index is 12.1. The summed E-state index contributed by atoms with van der Waals surface area (Å²) in [5.74, 6) is 0. The molecular weight excluding hydrogens is 262 g/mol. The normalized spacial score (nSPS) is 11.5. The van der Waals surface area contributed by atoms with Gasteiger partial charge in [0.25, 0.3) is 0 Å². The van der Waals surface area contributed by atoms with Crippen LogP contribution in [0.25, 0.3) is 0 Å². The average Bonchev–Trinajstić information content (AvgIpc) is 2.38. The van der Waals surface area contributed by atoms with Gasteiger partial charge in [-0.15, -0.1) is 0 Å². The number of sulfonamides is 1. The van der Waals surface area contributed by atoms with Gasteiger partial charge in [0.05, 0.1) is 5.69 Å². The summed E-state index contributed by atoms with van der Waals surface area (Å²) in [5, 5.41) is 0. The summed E-state index contributed by atoms with van der Waals surface area (Å²) in [7, 11) is -2.10. The van der Waals surface area contributed by atoms with E-state index in [2.05, 4.69) is 23.5 Å². The molecule has 108 valence electrons. The topological polar surface area (TPSA) is 75.4 Å². The van der Waals surface area contributed by atoms with Crippen LogP contribution in [-0.4, -0.2) is 28.6 Å². The first kappa shape index (κ1) is 15.8. The van der Waals surface area contributed by atoms with Crippen LogP contribution in [0.3, 0.4) is 0 Å². The van der Waals surface area contributed by atoms with Gasteiger partial charge in [0, 0.05) is 18.8 Å². The molecule has 1 aromatic rings. The van der Waals surface area contributed by atoms with E-state index >= 15 is 0 Å². The van der Waals surface area contributed by atoms with Crippen molar-refractivity contribution in [2.45, 2.75) is 31.6 Å². The van der Waals surface area contributed by atoms with Crippen molar-refractivity contribution in [3.63, 3.8) is 0 Å². The van der Waals surface area contributed by atoms with E-state index in [4.69, 9.17) is 5.73 Å². The number of hydrogen-bond acceptors (Lipinski definition) is 4. The molecule has 0 aliphatic heterocycles. The van der Waals surface area contributed by atoms with E-state index in [1.807, 2.05) is 0 Å². The van der Waals surface area contributed by atoms with E-state index in [9.17, 15) is 8.42 Å². The van der Waals surface area contributed by atoms with E-state index in [0.29, 0.717) is 11.4 Å². The van der Waals surface area contributed by atoms with Gasteiger partial charge in [-0.05, 0) is 38.1 Å². The Bertz CT molecular complexity index is 509. The lowest BCUT2D eigenvalue weighted by Gasteiger charge is -2.26. The molecule has 6 heteroatoms. The number of hydrogen-bond donors (Lipinski definition) is 2. The second-order valence-corrected chi connectivity index (χ2v) is 6.28. The molecule has 1 rings (SSSR count). The summed E-state index contributed by atoms with van der Waals surface area (Å²) >= 11 is 0. The minimum absolute atomic E-state index is 0.247. The summed E-state index contributed by atoms with van der Waals surface area (Å²) in [6, 6.07) is 5.03. The average molecular weight is 285 g/mol. The van der Waals surface area contributed by atoms with Crippen LogP contribution in [0.1, 0.15) is 26.7 Å². The van der Waals surface area contributed by atoms with Crippen molar-refractivity contribution >= 4 is 21.4 Å². The summed E-state index contributed by atoms with van der Waals surface area (Å²) in [6.45, 7) is 5.80. The Morgan fingerprint density at radius 2 is 1.79 bits per heavy atom. The molecule has 1 aromatic carbocycles. The summed E-state index contributed by atoms with van der Waals surface area (Å²) in [5.41, 5.74) is 6.88. The van der Waals surface area contributed by atoms with E-state index in [-0.39, 0.29) is 4.90 Å². The zero-order valence-corrected chi connectivity index (χ0v) is 12.6. The van der Waals surface area contributed by atoms with Crippen molar-refractivity contribution in [1.29, 1.82) is 0 Å². The highest BCUT2D eigenvalue weighted by molar-refractivity contribution is 7.89. The second kappa shape index (κ2) is 6.77. The first-order chi connectivity index (χ1) is 8.96. The van der Waals surface area contributed by atoms with Crippen molar-refractivity contribution in [2.24, 2.45) is 0 Å². The molecule has 0 aromatic heterocycles. The molecule has 0 aliphatic carbocycles. The smallest absolute Gasteiger partial charge is 0.242 e. The van der Waals surface area contributed by atoms with Gasteiger partial charge in [-0.2, -0.15) is 0 Å². The highest BCUT2D eigenvalue weighted by atomic mass is 32.2. The molecule has 5 nitrogen and oxygen atoms in total. The molecule has 0 heterocycles. The monoisotopic (exact) mass is 285 g/mol. The van der Waals surface area contributed by atoms with Crippen molar-refractivity contribution in [1.82, 2.24) is 4.72 Å². The lowest BCUT2D eigenvalue weighted by atomic mass is 10.2. The third kappa shape index (κ3) is 3.84. The van der Waals surface area contributed by atoms with Crippen LogP contribution in [0.5, 0.6) is 0 Å². The molecule has 0 saturated heterocycles. The summed E-state index contributed by atoms with van der Waals surface area (Å²) in [4.78, 5) is 2.33. The lowest BCUT2D eigenvalue weighted by molar-refractivity contribution is 0.587. The van der Waals surface area contributed by atoms with E-state index in [1.54, 1.807) is 12.1 Å². The third-order valence-electron chi connectivity index (χ3n) is 2.87. The van der Waals surface area contributed by atoms with Crippen LogP contribution in [-0.2, 0) is 10.0 Å². The maximum absolute atomic E-state index is 12.1. The number of anilines is 2. The van der Waals surface area contributed by atoms with Crippen molar-refractivity contribution in [2.75, 3.05) is 30.8 Å². The number of nitrogens with two attached hydrogens (primary N) is 1. The molecule has 0 spiro atoms. The standard InChI is InChI=1S/C13H23N3O2S/c1-4-8-16(9-5-2)12-7-6-11(14)10-13(12)19(17,18)15-3/h6-7,10,15H,4-5,8-9,14H2,1-3H3. The highest BCUT2D eigenvalue weighted by Crippen LogP contribution is 2.27. The van der Waals surface area contributed by atoms with Crippen LogP contribution in [0, 0.1) is 0 Å². The predicted octanol–water partition coefficient (Wildman–Crippen LogP) is 1.80. The minimum atomic E-state index is -3.50. The van der Waals surface area contributed by atoms with E-state index < -0.39 is 10.0 Å². The summed E-state index contributed by atoms with van der Waals surface area (Å²) in [6.07, 6.45) is 1.92. The van der Waals surface area contributed by atoms with Crippen LogP contribution in [0.2, 0.25) is 0 Å². The summed E-state index contributed by atoms with van der Waals surface area (Å²) < 4.78 is 26.5. The SMILES string of the molecule is CCCN(CCC)c1ccc(N)cc1S(=O)(=O)NC. The van der Waals surface area contributed by atoms with Crippen LogP contribution in [0.15, 0.2) is 23.1 Å². The Hall–Kier alpha value is -1.27. The molecule has 0 atom stereocenters. The predicted molar refractivity (Wildman–Crippen MR) is 79.9 cm³/mol. The number of rotatable bonds is 7. The van der Waals surface area contributed by atoms with Crippen LogP contribution < -0.4 is 15.4 Å². The number of nitrogen functional groups attached to an aromatic ring is 1. The van der Waals surface area contributed by atoms with Crippen molar-refractivity contribution in [3.05, 3.63) is 18.2 Å². The Labute approximate surface area is 115 Å². The Kier molecular flexibility index (Phi) is 5.62. The quantitative estimate of drug-likeness (QED) is 0.749. The Morgan fingerprint density at radius 1 is 1.21 bits per heavy atom. The van der Waals surface area contributed by atoms with E-state index in [1.165, 1.54) is 13.1 Å². The number of nitrogens with one attached hydrogen (secondary N) is 1. The van der Waals surface area contributed by atoms with Crippen molar-refractivity contribution < 1.29 is 8.42 Å². The largest absolute Gasteiger partial charge is 0.399 e. The van der Waals surface area contributed by atoms with Crippen LogP contribution >= 0.6 is 0 Å². The van der Waals surface area contributed by atoms with Gasteiger partial charge < -0.3 is 10.6 Å². The maximum Gasteiger partial charge on any atom is 0.242 e. The lowest BCUT2D eigenvalue weighted by Crippen LogP contribution is -2.28. The van der Waals surface area contributed by atoms with Gasteiger partial charge >= 0.3 is 0 Å². The van der Waals surface area contributed by atoms with Gasteiger partial charge in [0.15, 0.2) is 0 Å². The zero-order valence-electron chi connectivity index (χ0n) is 11.8. The molecule has 0 fully saturated rings. The Morgan fingerprint density at radius 3 is 2.26 bits per heavy atom. The number of benzene rings is 1. The molecule has 0 radical (unpaired) electrons. The minimum Gasteiger partial charge on any atom is -0.399 e. The van der Waals surface area contributed by atoms with Gasteiger partial charge in [-0.3, -0.25) is 0 Å². The molecule has 0 amide bonds. The van der Waals surface area contributed by atoms with Crippen molar-refractivity contribution in [3.8, 4) is 0 Å². The molecule has 0 unspecified atom stereocenters. The van der Waals surface area contributed by atoms with Gasteiger partial charge in [0.2, 0.25) is 10.0 Å². The first-order valence-corrected chi connectivity index (χ1v) is 8.02. The third-order valence-corrected chi connectivity index (χ3v) is 4.31. The molecule has 3 N–H and O–H groups in total. The highest BCUT2D eigenvalue weighted by Gasteiger charge is 2.20. The zero-order chi connectivity index (χ0) is 14.5. The Balaban J connectivity index is 3.33. The molecule has 0 bridgehead atoms. The van der Waals surface area contributed by atoms with Gasteiger partial charge in [-0.25, -0.2) is 13.1 Å². The first-order valence-electron chi connectivity index (χ1n) is 6.54. The van der Waals surface area contributed by atoms with E-state index in [0.717, 1.165) is 25.9 Å². The number of nitrogens with zero attached hydrogens (tertiary/aromatic N) is 1. The van der Waals surface area contributed by atoms with Gasteiger partial charge in [0.1, 0.15) is 4.90 Å². The van der Waals surface area contributed by atoms with Crippen LogP contribution in [0.4, 0.5) is 11.4 Å². The van der Waals surface area contributed by atoms with Gasteiger partial charge in [-0.1, -0.05) is 13.8 Å². The molecular formula is C13H23N3O2S. The molecule has 0 aliphatic rings. The fourth-order valence-electron chi connectivity index (χ4n) is 2.01. The molecule has 19 heavy (non-hydrogen) atoms. The molecule has 0 saturated carbocycles. The fraction of sp³-hybridized carbons (Fsp3) is 0.538. The fourth-order valence-corrected chi connectivity index (χ4v) is 2.99. The second-order valence-electron chi connectivity index (χ2n) is 4.42.